The van der Waals surface area contributed by atoms with Gasteiger partial charge in [0.05, 0.1) is 0 Å². The lowest BCUT2D eigenvalue weighted by atomic mass is 10.4. The normalized spacial score (nSPS) is 9.30. The number of rotatable bonds is 1. The third kappa shape index (κ3) is 1.54. The van der Waals surface area contributed by atoms with Crippen LogP contribution < -0.4 is 0 Å². The molecule has 10 heavy (non-hydrogen) atoms. The van der Waals surface area contributed by atoms with Gasteiger partial charge in [-0.2, -0.15) is 0 Å². The van der Waals surface area contributed by atoms with Crippen molar-refractivity contribution in [1.29, 1.82) is 0 Å². The molecule has 0 unspecified atom stereocenters. The molecular formula is C6H6N2OS. The van der Waals surface area contributed by atoms with Crippen molar-refractivity contribution in [3.05, 3.63) is 24.3 Å². The van der Waals surface area contributed by atoms with Crippen LogP contribution in [-0.4, -0.2) is 21.3 Å². The Hall–Kier alpha value is -0.900. The molecule has 1 aromatic rings. The van der Waals surface area contributed by atoms with Crippen LogP contribution in [0, 0.1) is 0 Å². The highest BCUT2D eigenvalue weighted by molar-refractivity contribution is 8.13. The van der Waals surface area contributed by atoms with E-state index in [0.717, 1.165) is 11.8 Å². The third-order valence-corrected chi connectivity index (χ3v) is 1.56. The molecule has 0 aromatic carbocycles. The molecule has 0 spiro atoms. The van der Waals surface area contributed by atoms with Gasteiger partial charge in [0.25, 0.3) is 0 Å². The van der Waals surface area contributed by atoms with Crippen molar-refractivity contribution in [2.45, 2.75) is 0 Å². The first-order valence-corrected chi connectivity index (χ1v) is 3.91. The second-order valence-corrected chi connectivity index (χ2v) is 2.37. The van der Waals surface area contributed by atoms with Crippen LogP contribution in [0.4, 0.5) is 0 Å². The van der Waals surface area contributed by atoms with E-state index >= 15 is 0 Å². The Balaban J connectivity index is 2.85. The number of thioether (sulfide) groups is 1. The Morgan fingerprint density at radius 1 is 1.70 bits per heavy atom. The van der Waals surface area contributed by atoms with E-state index in [0.29, 0.717) is 5.69 Å². The van der Waals surface area contributed by atoms with E-state index in [1.54, 1.807) is 18.5 Å². The minimum absolute atomic E-state index is 0.0256. The van der Waals surface area contributed by atoms with Gasteiger partial charge in [-0.05, 0) is 12.3 Å². The van der Waals surface area contributed by atoms with Crippen molar-refractivity contribution in [3.63, 3.8) is 0 Å². The van der Waals surface area contributed by atoms with Gasteiger partial charge in [-0.15, -0.1) is 0 Å². The number of carbonyl (C=O) groups is 1. The smallest absolute Gasteiger partial charge is 0.237 e. The van der Waals surface area contributed by atoms with Gasteiger partial charge in [0, 0.05) is 6.20 Å². The summed E-state index contributed by atoms with van der Waals surface area (Å²) in [6, 6.07) is 1.60. The summed E-state index contributed by atoms with van der Waals surface area (Å²) < 4.78 is 0. The fourth-order valence-corrected chi connectivity index (χ4v) is 0.846. The largest absolute Gasteiger partial charge is 0.280 e. The highest BCUT2D eigenvalue weighted by Crippen LogP contribution is 2.03. The highest BCUT2D eigenvalue weighted by Gasteiger charge is 2.02. The van der Waals surface area contributed by atoms with E-state index in [4.69, 9.17) is 0 Å². The zero-order chi connectivity index (χ0) is 7.40. The predicted molar refractivity (Wildman–Crippen MR) is 39.9 cm³/mol. The van der Waals surface area contributed by atoms with Gasteiger partial charge in [-0.1, -0.05) is 11.8 Å². The van der Waals surface area contributed by atoms with Crippen molar-refractivity contribution >= 4 is 16.9 Å². The molecule has 0 amide bonds. The standard InChI is InChI=1S/C6H6N2OS/c1-10-6(9)5-2-3-7-4-8-5/h2-4H,1H3. The summed E-state index contributed by atoms with van der Waals surface area (Å²) >= 11 is 1.15. The summed E-state index contributed by atoms with van der Waals surface area (Å²) in [5.41, 5.74) is 0.461. The Kier molecular flexibility index (Phi) is 2.39. The average molecular weight is 154 g/mol. The summed E-state index contributed by atoms with van der Waals surface area (Å²) in [6.07, 6.45) is 4.64. The summed E-state index contributed by atoms with van der Waals surface area (Å²) in [5.74, 6) is 0. The molecule has 0 bridgehead atoms. The first kappa shape index (κ1) is 7.21. The summed E-state index contributed by atoms with van der Waals surface area (Å²) in [4.78, 5) is 18.3. The van der Waals surface area contributed by atoms with E-state index in [1.807, 2.05) is 0 Å². The highest BCUT2D eigenvalue weighted by atomic mass is 32.2. The Morgan fingerprint density at radius 2 is 2.50 bits per heavy atom. The van der Waals surface area contributed by atoms with Gasteiger partial charge in [0.15, 0.2) is 0 Å². The maximum Gasteiger partial charge on any atom is 0.237 e. The minimum Gasteiger partial charge on any atom is -0.280 e. The SMILES string of the molecule is CSC(=O)c1ccncn1. The number of nitrogens with zero attached hydrogens (tertiary/aromatic N) is 2. The Morgan fingerprint density at radius 3 is 3.00 bits per heavy atom. The topological polar surface area (TPSA) is 42.9 Å². The summed E-state index contributed by atoms with van der Waals surface area (Å²) in [5, 5.41) is -0.0256. The molecule has 0 aliphatic heterocycles. The first-order valence-electron chi connectivity index (χ1n) is 2.69. The van der Waals surface area contributed by atoms with Gasteiger partial charge in [-0.3, -0.25) is 4.79 Å². The van der Waals surface area contributed by atoms with Crippen LogP contribution in [0.1, 0.15) is 10.5 Å². The van der Waals surface area contributed by atoms with E-state index in [1.165, 1.54) is 6.33 Å². The van der Waals surface area contributed by atoms with Gasteiger partial charge in [0.2, 0.25) is 5.12 Å². The van der Waals surface area contributed by atoms with Crippen molar-refractivity contribution in [3.8, 4) is 0 Å². The van der Waals surface area contributed by atoms with Gasteiger partial charge >= 0.3 is 0 Å². The van der Waals surface area contributed by atoms with Crippen LogP contribution in [0.15, 0.2) is 18.6 Å². The molecule has 1 heterocycles. The number of carbonyl (C=O) groups excluding carboxylic acids is 1. The number of aromatic nitrogens is 2. The molecule has 1 aromatic heterocycles. The lowest BCUT2D eigenvalue weighted by molar-refractivity contribution is 0.108. The molecule has 0 aliphatic rings. The molecule has 0 fully saturated rings. The lowest BCUT2D eigenvalue weighted by Gasteiger charge is -1.91. The Bertz CT molecular complexity index is 224. The van der Waals surface area contributed by atoms with Gasteiger partial charge < -0.3 is 0 Å². The van der Waals surface area contributed by atoms with E-state index in [9.17, 15) is 4.79 Å². The number of hydrogen-bond donors (Lipinski definition) is 0. The van der Waals surface area contributed by atoms with Crippen molar-refractivity contribution in [2.75, 3.05) is 6.26 Å². The molecule has 1 rings (SSSR count). The molecule has 0 radical (unpaired) electrons. The fourth-order valence-electron chi connectivity index (χ4n) is 0.516. The molecule has 52 valence electrons. The molecule has 0 saturated heterocycles. The van der Waals surface area contributed by atoms with Gasteiger partial charge in [0.1, 0.15) is 12.0 Å². The molecule has 0 saturated carbocycles. The second-order valence-electron chi connectivity index (χ2n) is 1.59. The first-order chi connectivity index (χ1) is 4.84. The zero-order valence-electron chi connectivity index (χ0n) is 5.44. The van der Waals surface area contributed by atoms with Crippen LogP contribution in [0.2, 0.25) is 0 Å². The summed E-state index contributed by atoms with van der Waals surface area (Å²) in [7, 11) is 0. The zero-order valence-corrected chi connectivity index (χ0v) is 6.26. The predicted octanol–water partition coefficient (Wildman–Crippen LogP) is 0.980. The van der Waals surface area contributed by atoms with Crippen LogP contribution >= 0.6 is 11.8 Å². The van der Waals surface area contributed by atoms with Crippen molar-refractivity contribution < 1.29 is 4.79 Å². The van der Waals surface area contributed by atoms with Crippen LogP contribution in [0.5, 0.6) is 0 Å². The molecular weight excluding hydrogens is 148 g/mol. The van der Waals surface area contributed by atoms with Crippen LogP contribution in [0.3, 0.4) is 0 Å². The second kappa shape index (κ2) is 3.31. The molecule has 3 nitrogen and oxygen atoms in total. The molecule has 4 heteroatoms. The maximum absolute atomic E-state index is 10.9. The van der Waals surface area contributed by atoms with E-state index in [-0.39, 0.29) is 5.12 Å². The van der Waals surface area contributed by atoms with Gasteiger partial charge in [-0.25, -0.2) is 9.97 Å². The van der Waals surface area contributed by atoms with E-state index < -0.39 is 0 Å². The van der Waals surface area contributed by atoms with Crippen LogP contribution in [0.25, 0.3) is 0 Å². The molecule has 0 N–H and O–H groups in total. The summed E-state index contributed by atoms with van der Waals surface area (Å²) in [6.45, 7) is 0. The van der Waals surface area contributed by atoms with Crippen molar-refractivity contribution in [2.24, 2.45) is 0 Å². The van der Waals surface area contributed by atoms with E-state index in [2.05, 4.69) is 9.97 Å². The maximum atomic E-state index is 10.9. The average Bonchev–Trinajstić information content (AvgIpc) is 2.05. The minimum atomic E-state index is -0.0256. The van der Waals surface area contributed by atoms with Crippen LogP contribution in [-0.2, 0) is 0 Å². The van der Waals surface area contributed by atoms with Crippen molar-refractivity contribution in [1.82, 2.24) is 9.97 Å². The third-order valence-electron chi connectivity index (χ3n) is 0.976. The fraction of sp³-hybridized carbons (Fsp3) is 0.167. The quantitative estimate of drug-likeness (QED) is 0.604. The Labute approximate surface area is 62.9 Å². The number of hydrogen-bond acceptors (Lipinski definition) is 4. The molecule has 0 aliphatic carbocycles. The molecule has 0 atom stereocenters. The monoisotopic (exact) mass is 154 g/mol. The lowest BCUT2D eigenvalue weighted by Crippen LogP contribution is -1.95.